The Morgan fingerprint density at radius 1 is 1.26 bits per heavy atom. The summed E-state index contributed by atoms with van der Waals surface area (Å²) in [6.07, 6.45) is 0. The Hall–Kier alpha value is -0.770. The van der Waals surface area contributed by atoms with Crippen LogP contribution in [0, 0.1) is 13.8 Å². The molecule has 0 aliphatic heterocycles. The molecule has 0 amide bonds. The van der Waals surface area contributed by atoms with Crippen molar-refractivity contribution in [1.29, 1.82) is 0 Å². The molecule has 1 nitrogen and oxygen atoms in total. The van der Waals surface area contributed by atoms with E-state index in [1.807, 2.05) is 23.1 Å². The second-order valence-electron chi connectivity index (χ2n) is 4.81. The van der Waals surface area contributed by atoms with Gasteiger partial charge in [-0.15, -0.1) is 23.1 Å². The van der Waals surface area contributed by atoms with Crippen LogP contribution in [0.2, 0.25) is 0 Å². The van der Waals surface area contributed by atoms with Gasteiger partial charge >= 0.3 is 0 Å². The van der Waals surface area contributed by atoms with Crippen LogP contribution in [0.3, 0.4) is 0 Å². The SMILES string of the molecule is Cc1ccc(SCCNC(C)c2cccs2)c(C)c1. The van der Waals surface area contributed by atoms with E-state index in [1.165, 1.54) is 20.9 Å². The number of nitrogens with one attached hydrogen (secondary N) is 1. The molecule has 0 saturated carbocycles. The third kappa shape index (κ3) is 4.37. The average molecular weight is 291 g/mol. The van der Waals surface area contributed by atoms with Gasteiger partial charge in [0, 0.05) is 28.1 Å². The lowest BCUT2D eigenvalue weighted by Gasteiger charge is -2.12. The maximum Gasteiger partial charge on any atom is 0.0386 e. The lowest BCUT2D eigenvalue weighted by atomic mass is 10.2. The van der Waals surface area contributed by atoms with Crippen LogP contribution >= 0.6 is 23.1 Å². The minimum absolute atomic E-state index is 0.458. The second-order valence-corrected chi connectivity index (χ2v) is 6.92. The van der Waals surface area contributed by atoms with Crippen LogP contribution in [0.15, 0.2) is 40.6 Å². The van der Waals surface area contributed by atoms with E-state index in [0.29, 0.717) is 6.04 Å². The summed E-state index contributed by atoms with van der Waals surface area (Å²) in [5.74, 6) is 1.11. The number of aryl methyl sites for hydroxylation is 2. The predicted octanol–water partition coefficient (Wildman–Crippen LogP) is 4.81. The van der Waals surface area contributed by atoms with Gasteiger partial charge in [0.25, 0.3) is 0 Å². The Labute approximate surface area is 124 Å². The van der Waals surface area contributed by atoms with Gasteiger partial charge in [0.15, 0.2) is 0 Å². The van der Waals surface area contributed by atoms with E-state index in [-0.39, 0.29) is 0 Å². The van der Waals surface area contributed by atoms with Crippen LogP contribution in [0.4, 0.5) is 0 Å². The molecule has 19 heavy (non-hydrogen) atoms. The van der Waals surface area contributed by atoms with E-state index in [1.54, 1.807) is 0 Å². The molecule has 0 radical (unpaired) electrons. The van der Waals surface area contributed by atoms with Crippen molar-refractivity contribution in [2.45, 2.75) is 31.7 Å². The van der Waals surface area contributed by atoms with E-state index >= 15 is 0 Å². The Morgan fingerprint density at radius 2 is 2.11 bits per heavy atom. The van der Waals surface area contributed by atoms with Crippen LogP contribution in [0.1, 0.15) is 29.0 Å². The monoisotopic (exact) mass is 291 g/mol. The maximum atomic E-state index is 3.58. The summed E-state index contributed by atoms with van der Waals surface area (Å²) in [6, 6.07) is 11.4. The summed E-state index contributed by atoms with van der Waals surface area (Å²) in [7, 11) is 0. The first-order valence-electron chi connectivity index (χ1n) is 6.63. The topological polar surface area (TPSA) is 12.0 Å². The van der Waals surface area contributed by atoms with Gasteiger partial charge in [-0.25, -0.2) is 0 Å². The van der Waals surface area contributed by atoms with Crippen LogP contribution in [-0.4, -0.2) is 12.3 Å². The molecular formula is C16H21NS2. The van der Waals surface area contributed by atoms with Gasteiger partial charge in [0.05, 0.1) is 0 Å². The molecule has 102 valence electrons. The number of hydrogen-bond donors (Lipinski definition) is 1. The zero-order valence-corrected chi connectivity index (χ0v) is 13.4. The number of hydrogen-bond acceptors (Lipinski definition) is 3. The molecule has 0 bridgehead atoms. The van der Waals surface area contributed by atoms with Gasteiger partial charge in [-0.2, -0.15) is 0 Å². The Bertz CT molecular complexity index is 505. The van der Waals surface area contributed by atoms with Crippen molar-refractivity contribution in [3.05, 3.63) is 51.7 Å². The van der Waals surface area contributed by atoms with E-state index in [0.717, 1.165) is 12.3 Å². The highest BCUT2D eigenvalue weighted by atomic mass is 32.2. The van der Waals surface area contributed by atoms with Crippen LogP contribution in [0.5, 0.6) is 0 Å². The van der Waals surface area contributed by atoms with Gasteiger partial charge in [-0.05, 0) is 43.8 Å². The molecule has 0 saturated heterocycles. The third-order valence-electron chi connectivity index (χ3n) is 3.11. The molecule has 2 rings (SSSR count). The highest BCUT2D eigenvalue weighted by Gasteiger charge is 2.05. The van der Waals surface area contributed by atoms with Crippen LogP contribution < -0.4 is 5.32 Å². The quantitative estimate of drug-likeness (QED) is 0.605. The fourth-order valence-electron chi connectivity index (χ4n) is 2.04. The van der Waals surface area contributed by atoms with Crippen molar-refractivity contribution in [2.24, 2.45) is 0 Å². The minimum Gasteiger partial charge on any atom is -0.309 e. The van der Waals surface area contributed by atoms with Crippen molar-refractivity contribution in [2.75, 3.05) is 12.3 Å². The molecule has 1 N–H and O–H groups in total. The molecule has 2 aromatic rings. The first-order chi connectivity index (χ1) is 9.16. The Morgan fingerprint density at radius 3 is 2.79 bits per heavy atom. The number of thiophene rings is 1. The highest BCUT2D eigenvalue weighted by molar-refractivity contribution is 7.99. The first kappa shape index (κ1) is 14.6. The predicted molar refractivity (Wildman–Crippen MR) is 87.4 cm³/mol. The van der Waals surface area contributed by atoms with Gasteiger partial charge in [0.2, 0.25) is 0 Å². The Kier molecular flexibility index (Phi) is 5.49. The zero-order chi connectivity index (χ0) is 13.7. The molecule has 3 heteroatoms. The highest BCUT2D eigenvalue weighted by Crippen LogP contribution is 2.23. The summed E-state index contributed by atoms with van der Waals surface area (Å²) >= 11 is 3.76. The summed E-state index contributed by atoms with van der Waals surface area (Å²) in [6.45, 7) is 7.60. The molecule has 0 aliphatic rings. The van der Waals surface area contributed by atoms with Crippen molar-refractivity contribution in [1.82, 2.24) is 5.32 Å². The van der Waals surface area contributed by atoms with E-state index < -0.39 is 0 Å². The van der Waals surface area contributed by atoms with Gasteiger partial charge in [-0.1, -0.05) is 23.8 Å². The second kappa shape index (κ2) is 7.13. The standard InChI is InChI=1S/C16H21NS2/c1-12-6-7-15(13(2)11-12)19-10-8-17-14(3)16-5-4-9-18-16/h4-7,9,11,14,17H,8,10H2,1-3H3. The lowest BCUT2D eigenvalue weighted by Crippen LogP contribution is -2.20. The zero-order valence-electron chi connectivity index (χ0n) is 11.8. The van der Waals surface area contributed by atoms with E-state index in [2.05, 4.69) is 61.8 Å². The number of benzene rings is 1. The average Bonchev–Trinajstić information content (AvgIpc) is 2.90. The molecule has 0 aliphatic carbocycles. The fourth-order valence-corrected chi connectivity index (χ4v) is 3.69. The molecule has 1 atom stereocenters. The van der Waals surface area contributed by atoms with Gasteiger partial charge in [0.1, 0.15) is 0 Å². The van der Waals surface area contributed by atoms with Gasteiger partial charge in [-0.3, -0.25) is 0 Å². The van der Waals surface area contributed by atoms with Crippen molar-refractivity contribution < 1.29 is 0 Å². The van der Waals surface area contributed by atoms with Gasteiger partial charge < -0.3 is 5.32 Å². The molecule has 1 aromatic heterocycles. The molecular weight excluding hydrogens is 270 g/mol. The summed E-state index contributed by atoms with van der Waals surface area (Å²) < 4.78 is 0. The lowest BCUT2D eigenvalue weighted by molar-refractivity contribution is 0.610. The third-order valence-corrected chi connectivity index (χ3v) is 5.34. The molecule has 0 spiro atoms. The minimum atomic E-state index is 0.458. The molecule has 1 heterocycles. The van der Waals surface area contributed by atoms with Crippen molar-refractivity contribution in [3.63, 3.8) is 0 Å². The van der Waals surface area contributed by atoms with Crippen molar-refractivity contribution in [3.8, 4) is 0 Å². The number of thioether (sulfide) groups is 1. The van der Waals surface area contributed by atoms with E-state index in [9.17, 15) is 0 Å². The fraction of sp³-hybridized carbons (Fsp3) is 0.375. The summed E-state index contributed by atoms with van der Waals surface area (Å²) in [4.78, 5) is 2.81. The number of rotatable bonds is 6. The van der Waals surface area contributed by atoms with E-state index in [4.69, 9.17) is 0 Å². The normalized spacial score (nSPS) is 12.6. The maximum absolute atomic E-state index is 3.58. The van der Waals surface area contributed by atoms with Crippen molar-refractivity contribution >= 4 is 23.1 Å². The molecule has 0 fully saturated rings. The first-order valence-corrected chi connectivity index (χ1v) is 8.50. The van der Waals surface area contributed by atoms with Crippen LogP contribution in [0.25, 0.3) is 0 Å². The molecule has 1 aromatic carbocycles. The summed E-state index contributed by atoms with van der Waals surface area (Å²) in [5, 5.41) is 5.71. The largest absolute Gasteiger partial charge is 0.309 e. The summed E-state index contributed by atoms with van der Waals surface area (Å²) in [5.41, 5.74) is 2.72. The Balaban J connectivity index is 1.75. The molecule has 1 unspecified atom stereocenters. The smallest absolute Gasteiger partial charge is 0.0386 e. The van der Waals surface area contributed by atoms with Crippen LogP contribution in [-0.2, 0) is 0 Å².